The van der Waals surface area contributed by atoms with Crippen molar-refractivity contribution in [2.75, 3.05) is 17.2 Å². The Kier molecular flexibility index (Phi) is 8.55. The fraction of sp³-hybridized carbons (Fsp3) is 0. The highest BCUT2D eigenvalue weighted by Crippen LogP contribution is 2.11. The van der Waals surface area contributed by atoms with Crippen LogP contribution in [0.3, 0.4) is 0 Å². The normalized spacial score (nSPS) is 8.84. The average Bonchev–Trinajstić information content (AvgIpc) is 2.55. The van der Waals surface area contributed by atoms with Gasteiger partial charge in [0.1, 0.15) is 5.82 Å². The third-order valence-corrected chi connectivity index (χ3v) is 3.21. The molecule has 0 aliphatic carbocycles. The highest BCUT2D eigenvalue weighted by Gasteiger charge is 1.87. The van der Waals surface area contributed by atoms with Crippen molar-refractivity contribution in [2.24, 2.45) is 0 Å². The maximum Gasteiger partial charge on any atom is 0.125 e. The summed E-state index contributed by atoms with van der Waals surface area (Å²) in [6.07, 6.45) is 0. The van der Waals surface area contributed by atoms with E-state index in [1.807, 2.05) is 30.3 Å². The number of nitriles is 1. The first-order valence-corrected chi connectivity index (χ1v) is 7.97. The first-order chi connectivity index (χ1) is 11.9. The molecule has 0 bridgehead atoms. The van der Waals surface area contributed by atoms with E-state index in [0.29, 0.717) is 16.9 Å². The molecule has 0 saturated carbocycles. The molecule has 0 spiro atoms. The van der Waals surface area contributed by atoms with Crippen molar-refractivity contribution in [3.63, 3.8) is 0 Å². The molecule has 3 aromatic carbocycles. The molecule has 4 nitrogen and oxygen atoms in total. The Morgan fingerprint density at radius 2 is 1.28 bits per heavy atom. The minimum atomic E-state index is -0.287. The van der Waals surface area contributed by atoms with Crippen molar-refractivity contribution < 1.29 is 4.39 Å². The molecule has 0 radical (unpaired) electrons. The fourth-order valence-electron chi connectivity index (χ4n) is 1.62. The molecule has 0 aliphatic rings. The van der Waals surface area contributed by atoms with Gasteiger partial charge in [0.25, 0.3) is 0 Å². The largest absolute Gasteiger partial charge is 0.399 e. The van der Waals surface area contributed by atoms with Crippen molar-refractivity contribution in [1.29, 1.82) is 5.26 Å². The fourth-order valence-corrected chi connectivity index (χ4v) is 2.04. The number of nitrogens with zero attached hydrogens (tertiary/aromatic N) is 1. The summed E-state index contributed by atoms with van der Waals surface area (Å²) in [7, 11) is 0. The summed E-state index contributed by atoms with van der Waals surface area (Å²) in [6.45, 7) is 0. The summed E-state index contributed by atoms with van der Waals surface area (Å²) >= 11 is 3.28. The summed E-state index contributed by atoms with van der Waals surface area (Å²) in [5.74, 6) is -0.287. The Balaban J connectivity index is 0.000000188. The van der Waals surface area contributed by atoms with Crippen LogP contribution in [-0.2, 0) is 0 Å². The minimum absolute atomic E-state index is 0.287. The first-order valence-electron chi connectivity index (χ1n) is 7.18. The van der Waals surface area contributed by atoms with Gasteiger partial charge in [-0.25, -0.2) is 4.39 Å². The van der Waals surface area contributed by atoms with Gasteiger partial charge in [-0.05, 0) is 54.6 Å². The molecule has 0 unspecified atom stereocenters. The number of hydrogen-bond acceptors (Lipinski definition) is 4. The molecular weight excluding hydrogens is 383 g/mol. The van der Waals surface area contributed by atoms with Crippen molar-refractivity contribution in [3.8, 4) is 6.07 Å². The van der Waals surface area contributed by atoms with E-state index < -0.39 is 0 Å². The van der Waals surface area contributed by atoms with E-state index >= 15 is 0 Å². The van der Waals surface area contributed by atoms with Gasteiger partial charge in [-0.1, -0.05) is 34.1 Å². The standard InChI is InChI=1S/C7H6N2.C6H6BrN.C6H6FN/c8-5-6-2-1-3-7(9)4-6;2*7-5-2-1-3-6(8)4-5/h1-4H,9H2;2*1-4H,8H2. The van der Waals surface area contributed by atoms with Crippen LogP contribution in [0.4, 0.5) is 21.5 Å². The molecule has 0 heterocycles. The molecule has 25 heavy (non-hydrogen) atoms. The molecule has 6 heteroatoms. The van der Waals surface area contributed by atoms with Gasteiger partial charge < -0.3 is 17.2 Å². The van der Waals surface area contributed by atoms with Gasteiger partial charge in [0.2, 0.25) is 0 Å². The summed E-state index contributed by atoms with van der Waals surface area (Å²) < 4.78 is 13.1. The van der Waals surface area contributed by atoms with Gasteiger partial charge in [-0.3, -0.25) is 0 Å². The van der Waals surface area contributed by atoms with Crippen LogP contribution in [0, 0.1) is 17.1 Å². The van der Waals surface area contributed by atoms with Crippen LogP contribution in [0.2, 0.25) is 0 Å². The molecule has 0 aliphatic heterocycles. The van der Waals surface area contributed by atoms with Gasteiger partial charge in [0.15, 0.2) is 0 Å². The monoisotopic (exact) mass is 400 g/mol. The summed E-state index contributed by atoms with van der Waals surface area (Å²) in [5, 5.41) is 8.36. The molecule has 3 rings (SSSR count). The van der Waals surface area contributed by atoms with E-state index in [1.54, 1.807) is 36.4 Å². The second kappa shape index (κ2) is 10.7. The number of nitrogens with two attached hydrogens (primary N) is 3. The highest BCUT2D eigenvalue weighted by atomic mass is 79.9. The van der Waals surface area contributed by atoms with Crippen LogP contribution in [-0.4, -0.2) is 0 Å². The van der Waals surface area contributed by atoms with Crippen LogP contribution < -0.4 is 17.2 Å². The number of hydrogen-bond donors (Lipinski definition) is 3. The lowest BCUT2D eigenvalue weighted by Crippen LogP contribution is -1.83. The topological polar surface area (TPSA) is 102 Å². The van der Waals surface area contributed by atoms with Crippen molar-refractivity contribution >= 4 is 33.0 Å². The zero-order chi connectivity index (χ0) is 18.7. The second-order valence-electron chi connectivity index (χ2n) is 4.85. The molecular formula is C19H18BrFN4. The van der Waals surface area contributed by atoms with Crippen LogP contribution in [0.15, 0.2) is 77.3 Å². The predicted octanol–water partition coefficient (Wildman–Crippen LogP) is 4.58. The zero-order valence-corrected chi connectivity index (χ0v) is 14.9. The van der Waals surface area contributed by atoms with E-state index in [0.717, 1.165) is 10.2 Å². The summed E-state index contributed by atoms with van der Waals surface area (Å²) in [6, 6.07) is 22.3. The lowest BCUT2D eigenvalue weighted by atomic mass is 10.2. The highest BCUT2D eigenvalue weighted by molar-refractivity contribution is 9.10. The van der Waals surface area contributed by atoms with Gasteiger partial charge in [-0.2, -0.15) is 5.26 Å². The van der Waals surface area contributed by atoms with Crippen LogP contribution in [0.1, 0.15) is 5.56 Å². The number of nitrogen functional groups attached to an aromatic ring is 3. The summed E-state index contributed by atoms with van der Waals surface area (Å²) in [5.41, 5.74) is 18.5. The molecule has 0 amide bonds. The molecule has 128 valence electrons. The van der Waals surface area contributed by atoms with E-state index in [1.165, 1.54) is 12.1 Å². The van der Waals surface area contributed by atoms with Gasteiger partial charge >= 0.3 is 0 Å². The number of rotatable bonds is 0. The molecule has 0 saturated heterocycles. The van der Waals surface area contributed by atoms with Crippen LogP contribution in [0.5, 0.6) is 0 Å². The van der Waals surface area contributed by atoms with E-state index in [-0.39, 0.29) is 5.82 Å². The molecule has 0 fully saturated rings. The minimum Gasteiger partial charge on any atom is -0.399 e. The molecule has 0 atom stereocenters. The number of benzene rings is 3. The Bertz CT molecular complexity index is 769. The first kappa shape index (κ1) is 20.0. The lowest BCUT2D eigenvalue weighted by Gasteiger charge is -1.89. The van der Waals surface area contributed by atoms with Gasteiger partial charge in [0, 0.05) is 21.5 Å². The van der Waals surface area contributed by atoms with Crippen molar-refractivity contribution in [2.45, 2.75) is 0 Å². The number of anilines is 3. The smallest absolute Gasteiger partial charge is 0.125 e. The molecule has 6 N–H and O–H groups in total. The Morgan fingerprint density at radius 3 is 1.60 bits per heavy atom. The SMILES string of the molecule is N#Cc1cccc(N)c1.Nc1cccc(Br)c1.Nc1cccc(F)c1. The molecule has 0 aromatic heterocycles. The number of halogens is 2. The van der Waals surface area contributed by atoms with Crippen molar-refractivity contribution in [1.82, 2.24) is 0 Å². The quantitative estimate of drug-likeness (QED) is 0.480. The van der Waals surface area contributed by atoms with Gasteiger partial charge in [-0.15, -0.1) is 0 Å². The summed E-state index contributed by atoms with van der Waals surface area (Å²) in [4.78, 5) is 0. The van der Waals surface area contributed by atoms with Crippen LogP contribution >= 0.6 is 15.9 Å². The van der Waals surface area contributed by atoms with E-state index in [4.69, 9.17) is 22.5 Å². The Labute approximate surface area is 154 Å². The van der Waals surface area contributed by atoms with Crippen molar-refractivity contribution in [3.05, 3.63) is 88.6 Å². The predicted molar refractivity (Wildman–Crippen MR) is 105 cm³/mol. The Hall–Kier alpha value is -3.04. The maximum atomic E-state index is 12.1. The van der Waals surface area contributed by atoms with Gasteiger partial charge in [0.05, 0.1) is 11.6 Å². The molecule has 3 aromatic rings. The third-order valence-electron chi connectivity index (χ3n) is 2.71. The Morgan fingerprint density at radius 1 is 0.760 bits per heavy atom. The average molecular weight is 401 g/mol. The third kappa shape index (κ3) is 8.98. The zero-order valence-electron chi connectivity index (χ0n) is 13.4. The lowest BCUT2D eigenvalue weighted by molar-refractivity contribution is 0.628. The van der Waals surface area contributed by atoms with E-state index in [2.05, 4.69) is 15.9 Å². The van der Waals surface area contributed by atoms with Crippen LogP contribution in [0.25, 0.3) is 0 Å². The second-order valence-corrected chi connectivity index (χ2v) is 5.76. The van der Waals surface area contributed by atoms with E-state index in [9.17, 15) is 4.39 Å². The maximum absolute atomic E-state index is 12.1.